The molecule has 19 heavy (non-hydrogen) atoms. The zero-order valence-corrected chi connectivity index (χ0v) is 13.0. The number of alkyl halides is 1. The second kappa shape index (κ2) is 7.41. The monoisotopic (exact) mass is 317 g/mol. The first-order chi connectivity index (χ1) is 9.20. The Hall–Kier alpha value is -0.380. The van der Waals surface area contributed by atoms with Crippen LogP contribution in [0, 0.1) is 0 Å². The van der Waals surface area contributed by atoms with Gasteiger partial charge in [-0.1, -0.05) is 11.6 Å². The smallest absolute Gasteiger partial charge is 0.220 e. The van der Waals surface area contributed by atoms with E-state index in [1.807, 2.05) is 30.0 Å². The number of carbonyl (C=O) groups excluding carboxylic acids is 1. The lowest BCUT2D eigenvalue weighted by molar-refractivity contribution is -0.122. The van der Waals surface area contributed by atoms with E-state index in [4.69, 9.17) is 23.2 Å². The second-order valence-electron chi connectivity index (χ2n) is 4.59. The summed E-state index contributed by atoms with van der Waals surface area (Å²) in [5.41, 5.74) is 1.15. The van der Waals surface area contributed by atoms with Crippen LogP contribution in [-0.2, 0) is 4.79 Å². The van der Waals surface area contributed by atoms with Crippen LogP contribution >= 0.6 is 35.0 Å². The first-order valence-electron chi connectivity index (χ1n) is 6.48. The fourth-order valence-electron chi connectivity index (χ4n) is 2.16. The van der Waals surface area contributed by atoms with E-state index < -0.39 is 0 Å². The molecule has 0 saturated heterocycles. The zero-order chi connectivity index (χ0) is 13.7. The lowest BCUT2D eigenvalue weighted by atomic mass is 10.0. The Kier molecular flexibility index (Phi) is 5.86. The van der Waals surface area contributed by atoms with Crippen LogP contribution in [0.5, 0.6) is 0 Å². The van der Waals surface area contributed by atoms with Gasteiger partial charge in [0.2, 0.25) is 5.91 Å². The Morgan fingerprint density at radius 1 is 1.42 bits per heavy atom. The van der Waals surface area contributed by atoms with Crippen molar-refractivity contribution in [3.05, 3.63) is 28.8 Å². The van der Waals surface area contributed by atoms with Gasteiger partial charge in [-0.05, 0) is 43.0 Å². The van der Waals surface area contributed by atoms with Gasteiger partial charge in [0.05, 0.1) is 6.04 Å². The van der Waals surface area contributed by atoms with Crippen LogP contribution in [0.3, 0.4) is 0 Å². The van der Waals surface area contributed by atoms with Gasteiger partial charge in [-0.15, -0.1) is 23.4 Å². The molecule has 0 aromatic heterocycles. The molecule has 1 N–H and O–H groups in total. The number of hydrogen-bond donors (Lipinski definition) is 1. The van der Waals surface area contributed by atoms with E-state index in [2.05, 4.69) is 5.32 Å². The lowest BCUT2D eigenvalue weighted by Crippen LogP contribution is -2.30. The Labute approximate surface area is 128 Å². The average Bonchev–Trinajstić information content (AvgIpc) is 2.40. The minimum atomic E-state index is 0.0958. The molecule has 1 heterocycles. The van der Waals surface area contributed by atoms with Crippen LogP contribution < -0.4 is 5.32 Å². The third kappa shape index (κ3) is 4.30. The van der Waals surface area contributed by atoms with Crippen LogP contribution in [0.15, 0.2) is 23.1 Å². The van der Waals surface area contributed by atoms with E-state index >= 15 is 0 Å². The third-order valence-electron chi connectivity index (χ3n) is 3.13. The Balaban J connectivity index is 1.99. The van der Waals surface area contributed by atoms with Crippen LogP contribution in [0.4, 0.5) is 0 Å². The topological polar surface area (TPSA) is 29.1 Å². The highest BCUT2D eigenvalue weighted by Crippen LogP contribution is 2.37. The number of hydrogen-bond acceptors (Lipinski definition) is 2. The summed E-state index contributed by atoms with van der Waals surface area (Å²) in [6, 6.07) is 6.00. The summed E-state index contributed by atoms with van der Waals surface area (Å²) < 4.78 is 0. The van der Waals surface area contributed by atoms with Crippen LogP contribution in [0.2, 0.25) is 5.02 Å². The molecular formula is C14H17Cl2NOS. The van der Waals surface area contributed by atoms with E-state index in [1.54, 1.807) is 0 Å². The van der Waals surface area contributed by atoms with Crippen molar-refractivity contribution in [3.63, 3.8) is 0 Å². The molecule has 1 aliphatic rings. The van der Waals surface area contributed by atoms with Gasteiger partial charge in [0.25, 0.3) is 0 Å². The normalized spacial score (nSPS) is 17.9. The molecule has 0 spiro atoms. The average molecular weight is 318 g/mol. The Morgan fingerprint density at radius 2 is 2.26 bits per heavy atom. The molecule has 1 unspecified atom stereocenters. The molecule has 1 aliphatic heterocycles. The minimum absolute atomic E-state index is 0.0958. The Bertz CT molecular complexity index is 453. The van der Waals surface area contributed by atoms with E-state index in [0.717, 1.165) is 35.6 Å². The molecule has 0 radical (unpaired) electrons. The summed E-state index contributed by atoms with van der Waals surface area (Å²) in [5.74, 6) is 1.75. The van der Waals surface area contributed by atoms with Crippen molar-refractivity contribution in [1.29, 1.82) is 0 Å². The number of fused-ring (bicyclic) bond motifs is 1. The summed E-state index contributed by atoms with van der Waals surface area (Å²) in [5, 5.41) is 3.83. The second-order valence-corrected chi connectivity index (χ2v) is 6.54. The fraction of sp³-hybridized carbons (Fsp3) is 0.500. The van der Waals surface area contributed by atoms with Crippen molar-refractivity contribution in [2.24, 2.45) is 0 Å². The van der Waals surface area contributed by atoms with Gasteiger partial charge in [0.15, 0.2) is 0 Å². The van der Waals surface area contributed by atoms with Gasteiger partial charge >= 0.3 is 0 Å². The molecule has 0 fully saturated rings. The quantitative estimate of drug-likeness (QED) is 0.644. The molecule has 0 bridgehead atoms. The van der Waals surface area contributed by atoms with Crippen molar-refractivity contribution in [3.8, 4) is 0 Å². The molecule has 0 saturated carbocycles. The maximum atomic E-state index is 11.9. The highest BCUT2D eigenvalue weighted by atomic mass is 35.5. The van der Waals surface area contributed by atoms with E-state index in [0.29, 0.717) is 12.3 Å². The van der Waals surface area contributed by atoms with Crippen molar-refractivity contribution < 1.29 is 4.79 Å². The van der Waals surface area contributed by atoms with E-state index in [-0.39, 0.29) is 11.9 Å². The molecule has 1 atom stereocenters. The number of carbonyl (C=O) groups is 1. The summed E-state index contributed by atoms with van der Waals surface area (Å²) in [7, 11) is 0. The summed E-state index contributed by atoms with van der Waals surface area (Å²) in [4.78, 5) is 13.1. The summed E-state index contributed by atoms with van der Waals surface area (Å²) in [6.45, 7) is 0. The van der Waals surface area contributed by atoms with E-state index in [1.165, 1.54) is 4.90 Å². The van der Waals surface area contributed by atoms with Gasteiger partial charge in [-0.3, -0.25) is 4.79 Å². The van der Waals surface area contributed by atoms with Gasteiger partial charge in [-0.25, -0.2) is 0 Å². The van der Waals surface area contributed by atoms with Crippen LogP contribution in [-0.4, -0.2) is 17.5 Å². The van der Waals surface area contributed by atoms with Gasteiger partial charge in [0, 0.05) is 28.0 Å². The van der Waals surface area contributed by atoms with Crippen molar-refractivity contribution >= 4 is 40.9 Å². The van der Waals surface area contributed by atoms with Gasteiger partial charge < -0.3 is 5.32 Å². The molecule has 0 aliphatic carbocycles. The molecule has 1 amide bonds. The summed E-state index contributed by atoms with van der Waals surface area (Å²) in [6.07, 6.45) is 3.24. The molecular weight excluding hydrogens is 301 g/mol. The highest BCUT2D eigenvalue weighted by Gasteiger charge is 2.22. The largest absolute Gasteiger partial charge is 0.349 e. The van der Waals surface area contributed by atoms with Crippen molar-refractivity contribution in [1.82, 2.24) is 5.32 Å². The van der Waals surface area contributed by atoms with Crippen LogP contribution in [0.25, 0.3) is 0 Å². The SMILES string of the molecule is O=C(CCCCCl)NC1CCSc2ccc(Cl)cc21. The molecule has 104 valence electrons. The van der Waals surface area contributed by atoms with Gasteiger partial charge in [-0.2, -0.15) is 0 Å². The third-order valence-corrected chi connectivity index (χ3v) is 4.76. The minimum Gasteiger partial charge on any atom is -0.349 e. The molecule has 2 rings (SSSR count). The Morgan fingerprint density at radius 3 is 3.05 bits per heavy atom. The first kappa shape index (κ1) is 15.0. The number of nitrogens with one attached hydrogen (secondary N) is 1. The summed E-state index contributed by atoms with van der Waals surface area (Å²) >= 11 is 13.5. The zero-order valence-electron chi connectivity index (χ0n) is 10.6. The number of unbranched alkanes of at least 4 members (excludes halogenated alkanes) is 1. The number of benzene rings is 1. The number of halogens is 2. The van der Waals surface area contributed by atoms with E-state index in [9.17, 15) is 4.79 Å². The molecule has 5 heteroatoms. The standard InChI is InChI=1S/C14H17Cl2NOS/c15-7-2-1-3-14(18)17-12-6-8-19-13-5-4-10(16)9-11(12)13/h4-5,9,12H,1-3,6-8H2,(H,17,18). The number of amides is 1. The highest BCUT2D eigenvalue weighted by molar-refractivity contribution is 7.99. The predicted octanol–water partition coefficient (Wildman–Crippen LogP) is 4.40. The number of rotatable bonds is 5. The molecule has 2 nitrogen and oxygen atoms in total. The van der Waals surface area contributed by atoms with Crippen molar-refractivity contribution in [2.45, 2.75) is 36.6 Å². The van der Waals surface area contributed by atoms with Crippen molar-refractivity contribution in [2.75, 3.05) is 11.6 Å². The molecule has 1 aromatic carbocycles. The maximum absolute atomic E-state index is 11.9. The predicted molar refractivity (Wildman–Crippen MR) is 82.2 cm³/mol. The maximum Gasteiger partial charge on any atom is 0.220 e. The number of thioether (sulfide) groups is 1. The van der Waals surface area contributed by atoms with Gasteiger partial charge in [0.1, 0.15) is 0 Å². The van der Waals surface area contributed by atoms with Crippen LogP contribution in [0.1, 0.15) is 37.3 Å². The first-order valence-corrected chi connectivity index (χ1v) is 8.38. The lowest BCUT2D eigenvalue weighted by Gasteiger charge is -2.26. The molecule has 1 aromatic rings. The fourth-order valence-corrected chi connectivity index (χ4v) is 3.64.